The molecule has 24 heavy (non-hydrogen) atoms. The number of thiophene rings is 1. The second-order valence-electron chi connectivity index (χ2n) is 6.28. The van der Waals surface area contributed by atoms with Gasteiger partial charge in [-0.1, -0.05) is 0 Å². The van der Waals surface area contributed by atoms with E-state index in [1.54, 1.807) is 11.3 Å². The van der Waals surface area contributed by atoms with Gasteiger partial charge in [-0.2, -0.15) is 11.3 Å². The first-order chi connectivity index (χ1) is 11.5. The van der Waals surface area contributed by atoms with E-state index in [1.165, 1.54) is 5.56 Å². The van der Waals surface area contributed by atoms with Crippen LogP contribution in [0.4, 0.5) is 4.79 Å². The van der Waals surface area contributed by atoms with E-state index in [-0.39, 0.29) is 12.1 Å². The largest absolute Gasteiger partial charge is 0.336 e. The summed E-state index contributed by atoms with van der Waals surface area (Å²) < 4.78 is 0. The molecule has 0 saturated carbocycles. The van der Waals surface area contributed by atoms with Crippen molar-refractivity contribution in [2.24, 2.45) is 0 Å². The Morgan fingerprint density at radius 1 is 1.50 bits per heavy atom. The van der Waals surface area contributed by atoms with Crippen LogP contribution >= 0.6 is 11.3 Å². The van der Waals surface area contributed by atoms with Crippen LogP contribution in [-0.2, 0) is 13.0 Å². The van der Waals surface area contributed by atoms with Crippen molar-refractivity contribution in [1.82, 2.24) is 25.1 Å². The molecule has 6 nitrogen and oxygen atoms in total. The van der Waals surface area contributed by atoms with Crippen LogP contribution in [0, 0.1) is 6.92 Å². The summed E-state index contributed by atoms with van der Waals surface area (Å²) in [5.74, 6) is 0.788. The van der Waals surface area contributed by atoms with E-state index in [1.807, 2.05) is 32.1 Å². The van der Waals surface area contributed by atoms with Gasteiger partial charge in [-0.25, -0.2) is 14.8 Å². The highest BCUT2D eigenvalue weighted by Gasteiger charge is 2.23. The highest BCUT2D eigenvalue weighted by molar-refractivity contribution is 7.07. The lowest BCUT2D eigenvalue weighted by Gasteiger charge is -2.30. The Morgan fingerprint density at radius 3 is 3.04 bits per heavy atom. The summed E-state index contributed by atoms with van der Waals surface area (Å²) in [5, 5.41) is 7.27. The van der Waals surface area contributed by atoms with Crippen molar-refractivity contribution < 1.29 is 4.79 Å². The Balaban J connectivity index is 1.60. The maximum Gasteiger partial charge on any atom is 0.317 e. The smallest absolute Gasteiger partial charge is 0.317 e. The number of nitrogens with zero attached hydrogens (tertiary/aromatic N) is 4. The summed E-state index contributed by atoms with van der Waals surface area (Å²) >= 11 is 1.68. The second-order valence-corrected chi connectivity index (χ2v) is 7.06. The molecule has 3 rings (SSSR count). The van der Waals surface area contributed by atoms with Gasteiger partial charge in [0.15, 0.2) is 0 Å². The zero-order valence-corrected chi connectivity index (χ0v) is 15.1. The van der Waals surface area contributed by atoms with Crippen LogP contribution in [0.3, 0.4) is 0 Å². The molecular weight excluding hydrogens is 322 g/mol. The lowest BCUT2D eigenvalue weighted by molar-refractivity contribution is 0.186. The third-order valence-electron chi connectivity index (χ3n) is 4.34. The first-order valence-corrected chi connectivity index (χ1v) is 9.01. The molecular formula is C17H23N5OS. The number of aryl methyl sites for hydroxylation is 1. The third-order valence-corrected chi connectivity index (χ3v) is 5.04. The number of nitrogens with one attached hydrogen (secondary N) is 1. The molecule has 1 aliphatic heterocycles. The molecule has 0 saturated heterocycles. The fourth-order valence-corrected chi connectivity index (χ4v) is 3.66. The molecule has 0 bridgehead atoms. The predicted molar refractivity (Wildman–Crippen MR) is 95.0 cm³/mol. The van der Waals surface area contributed by atoms with Crippen LogP contribution in [0.1, 0.15) is 28.7 Å². The number of aromatic nitrogens is 2. The highest BCUT2D eigenvalue weighted by Crippen LogP contribution is 2.21. The molecule has 0 radical (unpaired) electrons. The summed E-state index contributed by atoms with van der Waals surface area (Å²) in [5.41, 5.74) is 3.35. The molecule has 0 aliphatic carbocycles. The van der Waals surface area contributed by atoms with Gasteiger partial charge in [0, 0.05) is 31.3 Å². The lowest BCUT2D eigenvalue weighted by Crippen LogP contribution is -2.45. The molecule has 2 amide bonds. The molecule has 1 N–H and O–H groups in total. The van der Waals surface area contributed by atoms with Crippen molar-refractivity contribution >= 4 is 17.4 Å². The molecule has 2 aromatic heterocycles. The number of carbonyl (C=O) groups is 1. The van der Waals surface area contributed by atoms with Crippen molar-refractivity contribution in [2.75, 3.05) is 27.2 Å². The molecule has 2 aromatic rings. The van der Waals surface area contributed by atoms with Gasteiger partial charge in [0.2, 0.25) is 0 Å². The highest BCUT2D eigenvalue weighted by atomic mass is 32.1. The van der Waals surface area contributed by atoms with Gasteiger partial charge in [-0.15, -0.1) is 0 Å². The van der Waals surface area contributed by atoms with Crippen molar-refractivity contribution in [3.63, 3.8) is 0 Å². The van der Waals surface area contributed by atoms with E-state index in [4.69, 9.17) is 0 Å². The van der Waals surface area contributed by atoms with Gasteiger partial charge >= 0.3 is 6.03 Å². The molecule has 0 spiro atoms. The number of rotatable bonds is 4. The molecule has 1 aliphatic rings. The Hall–Kier alpha value is -1.99. The van der Waals surface area contributed by atoms with Crippen LogP contribution in [0.15, 0.2) is 23.0 Å². The average molecular weight is 345 g/mol. The lowest BCUT2D eigenvalue weighted by atomic mass is 10.1. The van der Waals surface area contributed by atoms with Crippen molar-refractivity contribution in [2.45, 2.75) is 25.9 Å². The van der Waals surface area contributed by atoms with Gasteiger partial charge < -0.3 is 15.1 Å². The normalized spacial score (nSPS) is 15.2. The maximum atomic E-state index is 12.5. The van der Waals surface area contributed by atoms with Gasteiger partial charge in [0.05, 0.1) is 18.3 Å². The van der Waals surface area contributed by atoms with E-state index in [0.717, 1.165) is 23.5 Å². The molecule has 7 heteroatoms. The summed E-state index contributed by atoms with van der Waals surface area (Å²) in [6, 6.07) is 2.27. The first-order valence-electron chi connectivity index (χ1n) is 8.07. The fraction of sp³-hybridized carbons (Fsp3) is 0.471. The number of hydrogen-bond donors (Lipinski definition) is 1. The number of urea groups is 1. The van der Waals surface area contributed by atoms with E-state index in [9.17, 15) is 4.79 Å². The minimum Gasteiger partial charge on any atom is -0.336 e. The summed E-state index contributed by atoms with van der Waals surface area (Å²) in [6.07, 6.45) is 2.62. The summed E-state index contributed by atoms with van der Waals surface area (Å²) in [6.45, 7) is 3.76. The quantitative estimate of drug-likeness (QED) is 0.923. The maximum absolute atomic E-state index is 12.5. The fourth-order valence-electron chi connectivity index (χ4n) is 2.95. The Kier molecular flexibility index (Phi) is 5.11. The van der Waals surface area contributed by atoms with Crippen molar-refractivity contribution in [1.29, 1.82) is 0 Å². The Labute approximate surface area is 146 Å². The standard InChI is InChI=1S/C17H23N5OS/c1-12-18-8-14-10-22(6-4-15(14)20-12)17(23)19-9-16(21(2)3)13-5-7-24-11-13/h5,7-8,11,16H,4,6,9-10H2,1-3H3,(H,19,23)/t16-/m1/s1. The number of amides is 2. The van der Waals surface area contributed by atoms with Crippen molar-refractivity contribution in [3.05, 3.63) is 45.7 Å². The number of hydrogen-bond acceptors (Lipinski definition) is 5. The van der Waals surface area contributed by atoms with Crippen molar-refractivity contribution in [3.8, 4) is 0 Å². The van der Waals surface area contributed by atoms with E-state index in [2.05, 4.69) is 37.0 Å². The van der Waals surface area contributed by atoms with E-state index in [0.29, 0.717) is 19.6 Å². The Morgan fingerprint density at radius 2 is 2.33 bits per heavy atom. The van der Waals surface area contributed by atoms with Crippen LogP contribution in [0.2, 0.25) is 0 Å². The summed E-state index contributed by atoms with van der Waals surface area (Å²) in [4.78, 5) is 25.2. The van der Waals surface area contributed by atoms with Gasteiger partial charge in [-0.3, -0.25) is 0 Å². The van der Waals surface area contributed by atoms with Gasteiger partial charge in [0.1, 0.15) is 5.82 Å². The zero-order chi connectivity index (χ0) is 17.1. The molecule has 1 atom stereocenters. The van der Waals surface area contributed by atoms with Crippen LogP contribution in [0.5, 0.6) is 0 Å². The predicted octanol–water partition coefficient (Wildman–Crippen LogP) is 2.22. The number of likely N-dealkylation sites (N-methyl/N-ethyl adjacent to an activating group) is 1. The molecule has 0 fully saturated rings. The minimum atomic E-state index is -0.0247. The monoisotopic (exact) mass is 345 g/mol. The minimum absolute atomic E-state index is 0.0247. The molecule has 3 heterocycles. The second kappa shape index (κ2) is 7.27. The molecule has 128 valence electrons. The Bertz CT molecular complexity index is 701. The topological polar surface area (TPSA) is 61.4 Å². The van der Waals surface area contributed by atoms with E-state index >= 15 is 0 Å². The SMILES string of the molecule is Cc1ncc2c(n1)CCN(C(=O)NC[C@H](c1ccsc1)N(C)C)C2. The molecule has 0 unspecified atom stereocenters. The number of fused-ring (bicyclic) bond motifs is 1. The summed E-state index contributed by atoms with van der Waals surface area (Å²) in [7, 11) is 4.07. The zero-order valence-electron chi connectivity index (χ0n) is 14.3. The van der Waals surface area contributed by atoms with Crippen LogP contribution in [-0.4, -0.2) is 53.0 Å². The van der Waals surface area contributed by atoms with Gasteiger partial charge in [0.25, 0.3) is 0 Å². The average Bonchev–Trinajstić information content (AvgIpc) is 3.08. The van der Waals surface area contributed by atoms with Crippen LogP contribution < -0.4 is 5.32 Å². The first kappa shape index (κ1) is 16.9. The number of carbonyl (C=O) groups excluding carboxylic acids is 1. The van der Waals surface area contributed by atoms with Gasteiger partial charge in [-0.05, 0) is 43.4 Å². The molecule has 0 aromatic carbocycles. The van der Waals surface area contributed by atoms with E-state index < -0.39 is 0 Å². The van der Waals surface area contributed by atoms with Crippen LogP contribution in [0.25, 0.3) is 0 Å². The third kappa shape index (κ3) is 3.73.